The minimum atomic E-state index is 0. The first kappa shape index (κ1) is 22.8. The molecule has 0 aromatic heterocycles. The van der Waals surface area contributed by atoms with Gasteiger partial charge in [-0.1, -0.05) is 18.5 Å². The third-order valence-electron chi connectivity index (χ3n) is 4.45. The molecule has 0 bridgehead atoms. The fraction of sp³-hybridized carbons (Fsp3) is 0.556. The number of benzene rings is 1. The van der Waals surface area contributed by atoms with Gasteiger partial charge in [-0.15, -0.1) is 24.0 Å². The molecule has 2 rings (SSSR count). The second-order valence-electron chi connectivity index (χ2n) is 6.22. The van der Waals surface area contributed by atoms with E-state index in [0.29, 0.717) is 12.0 Å². The summed E-state index contributed by atoms with van der Waals surface area (Å²) in [6, 6.07) is 8.16. The highest BCUT2D eigenvalue weighted by molar-refractivity contribution is 14.0. The SMILES string of the molecule is CCC(C)NC(=NC)NCC(=O)N1CCN(c2ccc(Cl)cc2)CC1.I. The van der Waals surface area contributed by atoms with Gasteiger partial charge in [0, 0.05) is 50.0 Å². The number of halogens is 2. The lowest BCUT2D eigenvalue weighted by atomic mass is 10.2. The van der Waals surface area contributed by atoms with Crippen molar-refractivity contribution in [3.05, 3.63) is 29.3 Å². The molecule has 0 aliphatic carbocycles. The van der Waals surface area contributed by atoms with E-state index in [4.69, 9.17) is 11.6 Å². The summed E-state index contributed by atoms with van der Waals surface area (Å²) in [6.45, 7) is 7.56. The zero-order valence-electron chi connectivity index (χ0n) is 15.7. The number of rotatable bonds is 5. The number of hydrogen-bond donors (Lipinski definition) is 2. The molecule has 1 aliphatic heterocycles. The summed E-state index contributed by atoms with van der Waals surface area (Å²) < 4.78 is 0. The van der Waals surface area contributed by atoms with E-state index in [1.807, 2.05) is 29.2 Å². The van der Waals surface area contributed by atoms with Crippen molar-refractivity contribution >= 4 is 53.1 Å². The Hall–Kier alpha value is -1.22. The van der Waals surface area contributed by atoms with Crippen LogP contribution in [0.3, 0.4) is 0 Å². The Morgan fingerprint density at radius 2 is 1.85 bits per heavy atom. The van der Waals surface area contributed by atoms with Crippen molar-refractivity contribution in [1.29, 1.82) is 0 Å². The van der Waals surface area contributed by atoms with Crippen LogP contribution in [0.4, 0.5) is 5.69 Å². The van der Waals surface area contributed by atoms with Gasteiger partial charge in [0.1, 0.15) is 0 Å². The molecule has 1 atom stereocenters. The molecule has 0 saturated carbocycles. The number of hydrogen-bond acceptors (Lipinski definition) is 3. The summed E-state index contributed by atoms with van der Waals surface area (Å²) in [5.41, 5.74) is 1.15. The first-order valence-corrected chi connectivity index (χ1v) is 9.16. The second kappa shape index (κ2) is 11.5. The Morgan fingerprint density at radius 3 is 2.38 bits per heavy atom. The third kappa shape index (κ3) is 6.83. The Bertz CT molecular complexity index is 588. The van der Waals surface area contributed by atoms with Gasteiger partial charge in [-0.2, -0.15) is 0 Å². The first-order chi connectivity index (χ1) is 12.0. The molecule has 2 N–H and O–H groups in total. The van der Waals surface area contributed by atoms with E-state index in [9.17, 15) is 4.79 Å². The van der Waals surface area contributed by atoms with E-state index in [1.165, 1.54) is 0 Å². The highest BCUT2D eigenvalue weighted by atomic mass is 127. The maximum Gasteiger partial charge on any atom is 0.242 e. The van der Waals surface area contributed by atoms with E-state index in [-0.39, 0.29) is 36.4 Å². The molecule has 1 heterocycles. The average molecular weight is 494 g/mol. The van der Waals surface area contributed by atoms with E-state index in [0.717, 1.165) is 43.3 Å². The molecule has 1 aromatic rings. The Morgan fingerprint density at radius 1 is 1.23 bits per heavy atom. The van der Waals surface area contributed by atoms with E-state index in [2.05, 4.69) is 34.4 Å². The van der Waals surface area contributed by atoms with Crippen LogP contribution in [0.1, 0.15) is 20.3 Å². The lowest BCUT2D eigenvalue weighted by Gasteiger charge is -2.36. The summed E-state index contributed by atoms with van der Waals surface area (Å²) >= 11 is 5.94. The zero-order valence-corrected chi connectivity index (χ0v) is 18.8. The van der Waals surface area contributed by atoms with Gasteiger partial charge in [-0.3, -0.25) is 9.79 Å². The Kier molecular flexibility index (Phi) is 10.1. The molecule has 1 aromatic carbocycles. The number of carbonyl (C=O) groups excluding carboxylic acids is 1. The van der Waals surface area contributed by atoms with Crippen LogP contribution in [0, 0.1) is 0 Å². The summed E-state index contributed by atoms with van der Waals surface area (Å²) in [5, 5.41) is 7.10. The molecule has 146 valence electrons. The molecule has 26 heavy (non-hydrogen) atoms. The number of aliphatic imine (C=N–C) groups is 1. The number of nitrogens with one attached hydrogen (secondary N) is 2. The zero-order chi connectivity index (χ0) is 18.2. The van der Waals surface area contributed by atoms with Crippen LogP contribution < -0.4 is 15.5 Å². The van der Waals surface area contributed by atoms with Gasteiger partial charge in [-0.25, -0.2) is 0 Å². The lowest BCUT2D eigenvalue weighted by Crippen LogP contribution is -2.52. The Balaban J connectivity index is 0.00000338. The molecular weight excluding hydrogens is 465 g/mol. The summed E-state index contributed by atoms with van der Waals surface area (Å²) in [6.07, 6.45) is 1.00. The summed E-state index contributed by atoms with van der Waals surface area (Å²) in [7, 11) is 1.72. The number of anilines is 1. The van der Waals surface area contributed by atoms with Gasteiger partial charge in [0.25, 0.3) is 0 Å². The normalized spacial score (nSPS) is 15.9. The van der Waals surface area contributed by atoms with Crippen molar-refractivity contribution in [2.75, 3.05) is 44.7 Å². The minimum Gasteiger partial charge on any atom is -0.368 e. The van der Waals surface area contributed by atoms with Gasteiger partial charge in [0.15, 0.2) is 5.96 Å². The predicted octanol–water partition coefficient (Wildman–Crippen LogP) is 2.57. The number of nitrogens with zero attached hydrogens (tertiary/aromatic N) is 3. The highest BCUT2D eigenvalue weighted by Gasteiger charge is 2.21. The van der Waals surface area contributed by atoms with E-state index >= 15 is 0 Å². The molecule has 1 saturated heterocycles. The molecular formula is C18H29ClIN5O. The van der Waals surface area contributed by atoms with Crippen LogP contribution in [0.5, 0.6) is 0 Å². The summed E-state index contributed by atoms with van der Waals surface area (Å²) in [5.74, 6) is 0.769. The van der Waals surface area contributed by atoms with Crippen molar-refractivity contribution in [2.45, 2.75) is 26.3 Å². The number of amides is 1. The van der Waals surface area contributed by atoms with Crippen molar-refractivity contribution in [3.8, 4) is 0 Å². The van der Waals surface area contributed by atoms with Crippen LogP contribution >= 0.6 is 35.6 Å². The topological polar surface area (TPSA) is 60.0 Å². The van der Waals surface area contributed by atoms with Gasteiger partial charge in [0.2, 0.25) is 5.91 Å². The maximum atomic E-state index is 12.4. The van der Waals surface area contributed by atoms with Crippen molar-refractivity contribution in [1.82, 2.24) is 15.5 Å². The number of carbonyl (C=O) groups is 1. The van der Waals surface area contributed by atoms with Gasteiger partial charge in [0.05, 0.1) is 6.54 Å². The highest BCUT2D eigenvalue weighted by Crippen LogP contribution is 2.19. The fourth-order valence-electron chi connectivity index (χ4n) is 2.67. The third-order valence-corrected chi connectivity index (χ3v) is 4.70. The molecule has 0 radical (unpaired) electrons. The van der Waals surface area contributed by atoms with Crippen LogP contribution in [-0.2, 0) is 4.79 Å². The Labute approximate surface area is 178 Å². The van der Waals surface area contributed by atoms with Gasteiger partial charge in [-0.05, 0) is 37.6 Å². The fourth-order valence-corrected chi connectivity index (χ4v) is 2.79. The van der Waals surface area contributed by atoms with Gasteiger partial charge >= 0.3 is 0 Å². The van der Waals surface area contributed by atoms with E-state index in [1.54, 1.807) is 7.05 Å². The number of piperazine rings is 1. The predicted molar refractivity (Wildman–Crippen MR) is 120 cm³/mol. The van der Waals surface area contributed by atoms with Crippen molar-refractivity contribution in [2.24, 2.45) is 4.99 Å². The van der Waals surface area contributed by atoms with Gasteiger partial charge < -0.3 is 20.4 Å². The minimum absolute atomic E-state index is 0. The first-order valence-electron chi connectivity index (χ1n) is 8.79. The molecule has 1 fully saturated rings. The quantitative estimate of drug-likeness (QED) is 0.376. The van der Waals surface area contributed by atoms with Crippen LogP contribution in [0.2, 0.25) is 5.02 Å². The lowest BCUT2D eigenvalue weighted by molar-refractivity contribution is -0.130. The largest absolute Gasteiger partial charge is 0.368 e. The number of guanidine groups is 1. The molecule has 6 nitrogen and oxygen atoms in total. The molecule has 8 heteroatoms. The van der Waals surface area contributed by atoms with Crippen molar-refractivity contribution in [3.63, 3.8) is 0 Å². The maximum absolute atomic E-state index is 12.4. The monoisotopic (exact) mass is 493 g/mol. The van der Waals surface area contributed by atoms with E-state index < -0.39 is 0 Å². The molecule has 1 amide bonds. The molecule has 0 spiro atoms. The average Bonchev–Trinajstić information content (AvgIpc) is 2.65. The standard InChI is InChI=1S/C18H28ClN5O.HI/c1-4-14(2)22-18(20-3)21-13-17(25)24-11-9-23(10-12-24)16-7-5-15(19)6-8-16;/h5-8,14H,4,9-13H2,1-3H3,(H2,20,21,22);1H. The molecule has 1 unspecified atom stereocenters. The van der Waals surface area contributed by atoms with Crippen LogP contribution in [0.25, 0.3) is 0 Å². The van der Waals surface area contributed by atoms with Crippen LogP contribution in [0.15, 0.2) is 29.3 Å². The second-order valence-corrected chi connectivity index (χ2v) is 6.66. The van der Waals surface area contributed by atoms with Crippen molar-refractivity contribution < 1.29 is 4.79 Å². The molecule has 1 aliphatic rings. The smallest absolute Gasteiger partial charge is 0.242 e. The summed E-state index contributed by atoms with van der Waals surface area (Å²) in [4.78, 5) is 20.7. The van der Waals surface area contributed by atoms with Crippen LogP contribution in [-0.4, -0.2) is 62.6 Å².